The average molecular weight is 279 g/mol. The molecule has 0 fully saturated rings. The van der Waals surface area contributed by atoms with Gasteiger partial charge in [-0.15, -0.1) is 0 Å². The van der Waals surface area contributed by atoms with Gasteiger partial charge in [0.2, 0.25) is 5.88 Å². The van der Waals surface area contributed by atoms with Crippen LogP contribution in [-0.2, 0) is 6.61 Å². The zero-order chi connectivity index (χ0) is 14.4. The van der Waals surface area contributed by atoms with E-state index < -0.39 is 11.6 Å². The molecule has 1 heterocycles. The lowest BCUT2D eigenvalue weighted by Crippen LogP contribution is -2.01. The molecule has 0 aliphatic heterocycles. The Morgan fingerprint density at radius 3 is 2.85 bits per heavy atom. The number of aliphatic imine (C=N–C) groups is 1. The number of aromatic nitrogens is 1. The molecule has 0 bridgehead atoms. The van der Waals surface area contributed by atoms with Gasteiger partial charge in [0.15, 0.2) is 0 Å². The third-order valence-corrected chi connectivity index (χ3v) is 2.38. The molecular formula is C13H11F2N3O2. The largest absolute Gasteiger partial charge is 0.473 e. The molecule has 0 saturated carbocycles. The molecule has 2 aromatic rings. The summed E-state index contributed by atoms with van der Waals surface area (Å²) in [5.74, 6) is -0.814. The van der Waals surface area contributed by atoms with Gasteiger partial charge in [0, 0.05) is 11.6 Å². The average Bonchev–Trinajstić information content (AvgIpc) is 2.47. The summed E-state index contributed by atoms with van der Waals surface area (Å²) in [6.07, 6.45) is 2.49. The van der Waals surface area contributed by atoms with Crippen LogP contribution in [0.15, 0.2) is 41.5 Å². The van der Waals surface area contributed by atoms with E-state index in [0.29, 0.717) is 5.69 Å². The standard InChI is InChI=1S/C13H11F2N3O2/c14-10-1-3-12(15)9(5-10)7-20-13-4-2-11(6-16-13)17-8-18-19/h1-6,8,19H,7H2,(H,17,18). The second-order valence-electron chi connectivity index (χ2n) is 3.77. The van der Waals surface area contributed by atoms with Gasteiger partial charge in [-0.2, -0.15) is 0 Å². The van der Waals surface area contributed by atoms with Crippen LogP contribution in [-0.4, -0.2) is 16.5 Å². The molecule has 0 aliphatic carbocycles. The number of halogens is 2. The third kappa shape index (κ3) is 3.72. The molecule has 104 valence electrons. The summed E-state index contributed by atoms with van der Waals surface area (Å²) in [4.78, 5) is 7.73. The highest BCUT2D eigenvalue weighted by Gasteiger charge is 2.05. The number of nitrogens with zero attached hydrogens (tertiary/aromatic N) is 2. The summed E-state index contributed by atoms with van der Waals surface area (Å²) >= 11 is 0. The van der Waals surface area contributed by atoms with Crippen molar-refractivity contribution in [1.29, 1.82) is 0 Å². The predicted octanol–water partition coefficient (Wildman–Crippen LogP) is 2.58. The Hall–Kier alpha value is -2.54. The maximum absolute atomic E-state index is 13.4. The van der Waals surface area contributed by atoms with Gasteiger partial charge in [0.25, 0.3) is 0 Å². The molecule has 20 heavy (non-hydrogen) atoms. The van der Waals surface area contributed by atoms with Crippen molar-refractivity contribution in [3.63, 3.8) is 0 Å². The summed E-state index contributed by atoms with van der Waals surface area (Å²) in [5.41, 5.74) is 2.37. The normalized spacial score (nSPS) is 10.8. The van der Waals surface area contributed by atoms with Gasteiger partial charge in [-0.1, -0.05) is 0 Å². The second kappa shape index (κ2) is 6.58. The Balaban J connectivity index is 2.00. The molecule has 0 aliphatic rings. The molecule has 7 heteroatoms. The first-order valence-electron chi connectivity index (χ1n) is 5.64. The highest BCUT2D eigenvalue weighted by Crippen LogP contribution is 2.16. The van der Waals surface area contributed by atoms with E-state index in [2.05, 4.69) is 9.98 Å². The van der Waals surface area contributed by atoms with Crippen molar-refractivity contribution < 1.29 is 18.7 Å². The summed E-state index contributed by atoms with van der Waals surface area (Å²) in [5, 5.41) is 8.33. The van der Waals surface area contributed by atoms with Crippen LogP contribution in [0.2, 0.25) is 0 Å². The molecule has 0 saturated heterocycles. The summed E-state index contributed by atoms with van der Waals surface area (Å²) in [6, 6.07) is 6.28. The van der Waals surface area contributed by atoms with Gasteiger partial charge in [0.1, 0.15) is 24.6 Å². The number of rotatable bonds is 5. The molecule has 2 rings (SSSR count). The topological polar surface area (TPSA) is 66.7 Å². The zero-order valence-corrected chi connectivity index (χ0v) is 10.3. The molecule has 2 N–H and O–H groups in total. The summed E-state index contributed by atoms with van der Waals surface area (Å²) in [7, 11) is 0. The lowest BCUT2D eigenvalue weighted by molar-refractivity contribution is 0.240. The first kappa shape index (κ1) is 13.9. The number of hydroxylamine groups is 1. The number of ether oxygens (including phenoxy) is 1. The fraction of sp³-hybridized carbons (Fsp3) is 0.0769. The highest BCUT2D eigenvalue weighted by molar-refractivity contribution is 5.59. The number of hydrogen-bond acceptors (Lipinski definition) is 4. The van der Waals surface area contributed by atoms with E-state index in [0.717, 1.165) is 24.5 Å². The molecule has 1 aromatic carbocycles. The lowest BCUT2D eigenvalue weighted by Gasteiger charge is -2.06. The Labute approximate surface area is 113 Å². The van der Waals surface area contributed by atoms with Gasteiger partial charge in [-0.25, -0.2) is 18.8 Å². The van der Waals surface area contributed by atoms with Crippen LogP contribution in [0, 0.1) is 11.6 Å². The van der Waals surface area contributed by atoms with Crippen LogP contribution in [0.25, 0.3) is 0 Å². The molecule has 0 unspecified atom stereocenters. The maximum Gasteiger partial charge on any atom is 0.213 e. The van der Waals surface area contributed by atoms with Crippen molar-refractivity contribution in [2.45, 2.75) is 6.61 Å². The van der Waals surface area contributed by atoms with Crippen LogP contribution in [0.5, 0.6) is 5.88 Å². The molecule has 1 aromatic heterocycles. The zero-order valence-electron chi connectivity index (χ0n) is 10.3. The molecule has 0 spiro atoms. The van der Waals surface area contributed by atoms with Gasteiger partial charge < -0.3 is 4.74 Å². The van der Waals surface area contributed by atoms with Crippen molar-refractivity contribution in [3.05, 3.63) is 53.7 Å². The van der Waals surface area contributed by atoms with Crippen LogP contribution >= 0.6 is 0 Å². The number of benzene rings is 1. The quantitative estimate of drug-likeness (QED) is 0.501. The second-order valence-corrected chi connectivity index (χ2v) is 3.77. The minimum absolute atomic E-state index is 0.110. The number of pyridine rings is 1. The van der Waals surface area contributed by atoms with E-state index in [9.17, 15) is 8.78 Å². The Morgan fingerprint density at radius 2 is 2.15 bits per heavy atom. The third-order valence-electron chi connectivity index (χ3n) is 2.38. The lowest BCUT2D eigenvalue weighted by atomic mass is 10.2. The molecule has 0 radical (unpaired) electrons. The van der Waals surface area contributed by atoms with E-state index in [4.69, 9.17) is 9.94 Å². The van der Waals surface area contributed by atoms with Crippen molar-refractivity contribution in [2.24, 2.45) is 4.99 Å². The van der Waals surface area contributed by atoms with E-state index in [-0.39, 0.29) is 18.1 Å². The minimum atomic E-state index is -0.540. The Bertz CT molecular complexity index is 603. The maximum atomic E-state index is 13.4. The van der Waals surface area contributed by atoms with Gasteiger partial charge >= 0.3 is 0 Å². The van der Waals surface area contributed by atoms with E-state index in [1.807, 2.05) is 0 Å². The number of hydrogen-bond donors (Lipinski definition) is 2. The van der Waals surface area contributed by atoms with Crippen molar-refractivity contribution in [1.82, 2.24) is 10.5 Å². The predicted molar refractivity (Wildman–Crippen MR) is 68.0 cm³/mol. The van der Waals surface area contributed by atoms with Gasteiger partial charge in [-0.3, -0.25) is 10.7 Å². The fourth-order valence-electron chi connectivity index (χ4n) is 1.44. The van der Waals surface area contributed by atoms with Gasteiger partial charge in [-0.05, 0) is 24.3 Å². The van der Waals surface area contributed by atoms with Crippen LogP contribution in [0.3, 0.4) is 0 Å². The van der Waals surface area contributed by atoms with E-state index >= 15 is 0 Å². The Kier molecular flexibility index (Phi) is 4.56. The van der Waals surface area contributed by atoms with Crippen molar-refractivity contribution in [3.8, 4) is 5.88 Å². The summed E-state index contributed by atoms with van der Waals surface area (Å²) < 4.78 is 31.6. The first-order valence-corrected chi connectivity index (χ1v) is 5.64. The smallest absolute Gasteiger partial charge is 0.213 e. The molecule has 0 atom stereocenters. The van der Waals surface area contributed by atoms with Gasteiger partial charge in [0.05, 0.1) is 11.9 Å². The first-order chi connectivity index (χ1) is 9.69. The Morgan fingerprint density at radius 1 is 1.30 bits per heavy atom. The van der Waals surface area contributed by atoms with Crippen molar-refractivity contribution >= 4 is 12.0 Å². The van der Waals surface area contributed by atoms with Crippen LogP contribution in [0.1, 0.15) is 5.56 Å². The van der Waals surface area contributed by atoms with E-state index in [1.165, 1.54) is 12.3 Å². The number of nitrogens with one attached hydrogen (secondary N) is 1. The highest BCUT2D eigenvalue weighted by atomic mass is 19.1. The monoisotopic (exact) mass is 279 g/mol. The van der Waals surface area contributed by atoms with Crippen LogP contribution in [0.4, 0.5) is 14.5 Å². The van der Waals surface area contributed by atoms with Crippen LogP contribution < -0.4 is 10.2 Å². The minimum Gasteiger partial charge on any atom is -0.473 e. The molecule has 0 amide bonds. The SMILES string of the molecule is ONC=Nc1ccc(OCc2cc(F)ccc2F)nc1. The molecule has 5 nitrogen and oxygen atoms in total. The molecular weight excluding hydrogens is 268 g/mol. The fourth-order valence-corrected chi connectivity index (χ4v) is 1.44. The van der Waals surface area contributed by atoms with Crippen molar-refractivity contribution in [2.75, 3.05) is 0 Å². The summed E-state index contributed by atoms with van der Waals surface area (Å²) in [6.45, 7) is -0.128. The van der Waals surface area contributed by atoms with E-state index in [1.54, 1.807) is 11.5 Å².